The molecule has 0 radical (unpaired) electrons. The molecule has 29 nitrogen and oxygen atoms in total. The molecule has 9 atom stereocenters. The summed E-state index contributed by atoms with van der Waals surface area (Å²) in [5.74, 6) is -11.8. The molecule has 0 aliphatic carbocycles. The monoisotopic (exact) mass is 1110 g/mol. The van der Waals surface area contributed by atoms with E-state index < -0.39 is 151 Å². The molecule has 0 saturated carbocycles. The Kier molecular flexibility index (Phi) is 27.9. The number of benzene rings is 1. The van der Waals surface area contributed by atoms with Crippen LogP contribution in [0.4, 0.5) is 0 Å². The fourth-order valence-corrected chi connectivity index (χ4v) is 9.69. The van der Waals surface area contributed by atoms with E-state index in [1.807, 2.05) is 0 Å². The molecule has 3 rings (SSSR count). The number of amides is 11. The summed E-state index contributed by atoms with van der Waals surface area (Å²) >= 11 is 0. The highest BCUT2D eigenvalue weighted by Crippen LogP contribution is 2.26. The van der Waals surface area contributed by atoms with E-state index in [1.54, 1.807) is 13.8 Å². The number of aromatic hydroxyl groups is 1. The van der Waals surface area contributed by atoms with Crippen molar-refractivity contribution in [2.75, 3.05) is 31.1 Å². The van der Waals surface area contributed by atoms with Crippen LogP contribution in [0.3, 0.4) is 0 Å². The highest BCUT2D eigenvalue weighted by Gasteiger charge is 2.41. The molecule has 2 aliphatic heterocycles. The number of rotatable bonds is 19. The number of carboxylic acid groups (broad SMARTS) is 1. The number of carbonyl (C=O) groups is 12. The summed E-state index contributed by atoms with van der Waals surface area (Å²) in [6.45, 7) is 4.03. The normalized spacial score (nSPS) is 22.7. The van der Waals surface area contributed by atoms with Gasteiger partial charge in [0.05, 0.1) is 19.0 Å². The van der Waals surface area contributed by atoms with Gasteiger partial charge in [-0.2, -0.15) is 0 Å². The Morgan fingerprint density at radius 1 is 0.803 bits per heavy atom. The number of aliphatic carboxylic acids is 1. The second-order valence-corrected chi connectivity index (χ2v) is 20.3. The van der Waals surface area contributed by atoms with E-state index in [0.717, 1.165) is 28.5 Å². The maximum atomic E-state index is 14.5. The molecule has 0 spiro atoms. The van der Waals surface area contributed by atoms with Crippen molar-refractivity contribution in [2.24, 2.45) is 45.3 Å². The summed E-state index contributed by atoms with van der Waals surface area (Å²) < 4.78 is 0. The number of hydrogen-bond acceptors (Lipinski definition) is 17. The number of carbonyl (C=O) groups excluding carboxylic acids is 11. The molecule has 76 heavy (non-hydrogen) atoms. The number of aliphatic imine (C=N–C) groups is 1. The molecule has 2 aliphatic rings. The maximum Gasteiger partial charge on any atom is 0.300 e. The first kappa shape index (κ1) is 64.7. The Balaban J connectivity index is 0.00000476. The largest absolute Gasteiger partial charge is 0.508 e. The summed E-state index contributed by atoms with van der Waals surface area (Å²) in [5, 5.41) is 35.0. The Labute approximate surface area is 445 Å². The Bertz CT molecular complexity index is 2270. The molecule has 1 aromatic carbocycles. The molecule has 1 aromatic rings. The van der Waals surface area contributed by atoms with E-state index in [2.05, 4.69) is 42.2 Å². The number of phenolic OH excluding ortho intramolecular Hbond substituents is 1. The van der Waals surface area contributed by atoms with Crippen LogP contribution in [0.1, 0.15) is 77.7 Å². The van der Waals surface area contributed by atoms with Crippen LogP contribution >= 0.6 is 21.6 Å². The van der Waals surface area contributed by atoms with Gasteiger partial charge in [-0.1, -0.05) is 54.0 Å². The van der Waals surface area contributed by atoms with E-state index in [4.69, 9.17) is 44.3 Å². The van der Waals surface area contributed by atoms with Crippen LogP contribution in [-0.2, 0) is 64.0 Å². The molecule has 31 heteroatoms. The zero-order valence-electron chi connectivity index (χ0n) is 42.4. The van der Waals surface area contributed by atoms with E-state index in [9.17, 15) is 57.8 Å². The van der Waals surface area contributed by atoms with E-state index in [1.165, 1.54) is 29.2 Å². The number of nitrogens with zero attached hydrogens (tertiary/aromatic N) is 2. The van der Waals surface area contributed by atoms with Gasteiger partial charge in [-0.15, -0.1) is 0 Å². The molecule has 21 N–H and O–H groups in total. The molecule has 422 valence electrons. The molecule has 0 aromatic heterocycles. The van der Waals surface area contributed by atoms with Gasteiger partial charge < -0.3 is 86.7 Å². The first-order chi connectivity index (χ1) is 35.7. The summed E-state index contributed by atoms with van der Waals surface area (Å²) in [7, 11) is 2.00. The molecule has 2 heterocycles. The fourth-order valence-electron chi connectivity index (χ4n) is 7.41. The quantitative estimate of drug-likeness (QED) is 0.0266. The molecule has 0 bridgehead atoms. The van der Waals surface area contributed by atoms with E-state index >= 15 is 0 Å². The van der Waals surface area contributed by atoms with Crippen LogP contribution in [0.5, 0.6) is 5.75 Å². The van der Waals surface area contributed by atoms with Gasteiger partial charge in [0, 0.05) is 44.4 Å². The average Bonchev–Trinajstić information content (AvgIpc) is 3.84. The zero-order chi connectivity index (χ0) is 57.2. The lowest BCUT2D eigenvalue weighted by molar-refractivity contribution is -0.142. The van der Waals surface area contributed by atoms with Crippen molar-refractivity contribution < 1.29 is 67.7 Å². The predicted molar refractivity (Wildman–Crippen MR) is 278 cm³/mol. The van der Waals surface area contributed by atoms with E-state index in [0.29, 0.717) is 18.4 Å². The van der Waals surface area contributed by atoms with Crippen LogP contribution in [0.25, 0.3) is 0 Å². The van der Waals surface area contributed by atoms with Crippen LogP contribution in [0.15, 0.2) is 29.3 Å². The number of nitrogens with two attached hydrogens (primary N) is 6. The predicted octanol–water partition coefficient (Wildman–Crippen LogP) is -5.51. The first-order valence-electron chi connectivity index (χ1n) is 24.0. The molecular formula is C45H71N15O14S2. The van der Waals surface area contributed by atoms with Gasteiger partial charge in [-0.25, -0.2) is 0 Å². The Morgan fingerprint density at radius 2 is 1.39 bits per heavy atom. The SMILES string of the molecule is CC(=O)O.CC[C@H](C)C1NC(=O)[C@H](Cc2ccc(O)cc2)NC(=O)[C@@H](N)CSSC[C@@H](C(=O)N2CCC[C@H]2C(=O)N[C@@H](CCCN=C(N)N)C(=O)NCC(N)=O)NC(=O)[C@H](CC(N)=O)NC(=O)C(CCC(N)=O)NC1=O. The number of carboxylic acids is 1. The topological polar surface area (TPSA) is 501 Å². The van der Waals surface area contributed by atoms with Crippen LogP contribution in [-0.4, -0.2) is 171 Å². The third-order valence-electron chi connectivity index (χ3n) is 11.5. The zero-order valence-corrected chi connectivity index (χ0v) is 44.0. The van der Waals surface area contributed by atoms with Gasteiger partial charge in [0.25, 0.3) is 5.97 Å². The third kappa shape index (κ3) is 23.4. The first-order valence-corrected chi connectivity index (χ1v) is 26.5. The van der Waals surface area contributed by atoms with Crippen molar-refractivity contribution in [1.82, 2.24) is 42.1 Å². The van der Waals surface area contributed by atoms with Crippen molar-refractivity contribution in [3.05, 3.63) is 29.8 Å². The number of guanidine groups is 1. The maximum absolute atomic E-state index is 14.5. The van der Waals surface area contributed by atoms with E-state index in [-0.39, 0.29) is 62.0 Å². The van der Waals surface area contributed by atoms with Crippen LogP contribution in [0, 0.1) is 5.92 Å². The second-order valence-electron chi connectivity index (χ2n) is 17.7. The van der Waals surface area contributed by atoms with Gasteiger partial charge in [-0.05, 0) is 55.7 Å². The average molecular weight is 1110 g/mol. The van der Waals surface area contributed by atoms with Crippen LogP contribution in [0.2, 0.25) is 0 Å². The Hall–Kier alpha value is -7.41. The minimum atomic E-state index is -1.78. The highest BCUT2D eigenvalue weighted by atomic mass is 33.1. The summed E-state index contributed by atoms with van der Waals surface area (Å²) in [5.41, 5.74) is 33.7. The third-order valence-corrected chi connectivity index (χ3v) is 14.0. The van der Waals surface area contributed by atoms with Gasteiger partial charge in [0.15, 0.2) is 5.96 Å². The number of primary amides is 3. The minimum Gasteiger partial charge on any atom is -0.508 e. The number of likely N-dealkylation sites (tertiary alicyclic amines) is 1. The molecule has 11 amide bonds. The van der Waals surface area contributed by atoms with Gasteiger partial charge in [-0.3, -0.25) is 62.5 Å². The number of nitrogens with one attached hydrogen (secondary N) is 7. The lowest BCUT2D eigenvalue weighted by atomic mass is 9.96. The summed E-state index contributed by atoms with van der Waals surface area (Å²) in [6.07, 6.45) is -0.813. The van der Waals surface area contributed by atoms with Crippen molar-refractivity contribution >= 4 is 98.5 Å². The molecular weight excluding hydrogens is 1040 g/mol. The summed E-state index contributed by atoms with van der Waals surface area (Å²) in [4.78, 5) is 161. The second kappa shape index (κ2) is 32.8. The van der Waals surface area contributed by atoms with Gasteiger partial charge in [0.1, 0.15) is 48.0 Å². The fraction of sp³-hybridized carbons (Fsp3) is 0.578. The van der Waals surface area contributed by atoms with Crippen molar-refractivity contribution in [1.29, 1.82) is 0 Å². The van der Waals surface area contributed by atoms with Crippen LogP contribution < -0.4 is 71.6 Å². The summed E-state index contributed by atoms with van der Waals surface area (Å²) in [6, 6.07) is -5.40. The molecule has 2 unspecified atom stereocenters. The highest BCUT2D eigenvalue weighted by molar-refractivity contribution is 8.76. The van der Waals surface area contributed by atoms with Crippen molar-refractivity contribution in [3.8, 4) is 5.75 Å². The molecule has 2 fully saturated rings. The minimum absolute atomic E-state index is 0.00520. The lowest BCUT2D eigenvalue weighted by Gasteiger charge is -2.31. The van der Waals surface area contributed by atoms with Crippen molar-refractivity contribution in [3.63, 3.8) is 0 Å². The van der Waals surface area contributed by atoms with Crippen molar-refractivity contribution in [2.45, 2.75) is 127 Å². The van der Waals surface area contributed by atoms with Gasteiger partial charge >= 0.3 is 0 Å². The smallest absolute Gasteiger partial charge is 0.300 e. The standard InChI is InChI=1S/C43H67N15O12S2.C2H4O2/c1-3-21(2)34-41(69)53-26(12-13-31(45)60)37(65)55-28(17-32(46)61)38(66)56-29(20-72-71-19-24(44)35(63)54-27(39(67)57-34)16-22-8-10-23(59)11-9-22)42(70)58-15-5-7-30(58)40(68)52-25(6-4-14-50-43(48)49)36(64)51-18-33(47)62;1-2(3)4/h8-11,21,24-30,34,59H,3-7,12-20,44H2,1-2H3,(H2,45,60)(H2,46,61)(H2,47,62)(H,51,64)(H,52,68)(H,53,69)(H,54,63)(H,55,65)(H,56,66)(H,57,67)(H4,48,49,50);1H3,(H,3,4)/t21-,24-,25-,26?,27-,28-,29-,30-,34?;/m0./s1. The number of phenols is 1. The lowest BCUT2D eigenvalue weighted by Crippen LogP contribution is -2.61. The number of hydrogen-bond donors (Lipinski definition) is 15. The van der Waals surface area contributed by atoms with Gasteiger partial charge in [0.2, 0.25) is 65.0 Å². The molecule has 2 saturated heterocycles. The Morgan fingerprint density at radius 3 is 1.99 bits per heavy atom.